The Labute approximate surface area is 218 Å². The maximum atomic E-state index is 6.32. The maximum absolute atomic E-state index is 6.32. The van der Waals surface area contributed by atoms with E-state index in [-0.39, 0.29) is 0 Å². The topological polar surface area (TPSA) is 28.6 Å². The Balaban J connectivity index is 1.32. The van der Waals surface area contributed by atoms with E-state index in [9.17, 15) is 0 Å². The number of pyridine rings is 1. The number of anilines is 4. The molecule has 6 rings (SSSR count). The molecule has 2 heterocycles. The molecular weight excluding hydrogens is 454 g/mol. The van der Waals surface area contributed by atoms with Crippen LogP contribution in [0.15, 0.2) is 109 Å². The molecule has 0 atom stereocenters. The van der Waals surface area contributed by atoms with Crippen molar-refractivity contribution in [3.8, 4) is 22.8 Å². The number of ether oxygens (including phenoxy) is 1. The van der Waals surface area contributed by atoms with E-state index in [1.165, 1.54) is 33.8 Å². The number of aryl methyl sites for hydroxylation is 3. The van der Waals surface area contributed by atoms with Crippen LogP contribution in [0.2, 0.25) is 0 Å². The highest BCUT2D eigenvalue weighted by Crippen LogP contribution is 2.46. The van der Waals surface area contributed by atoms with Crippen LogP contribution < -0.4 is 14.5 Å². The Morgan fingerprint density at radius 3 is 2.05 bits per heavy atom. The molecule has 0 radical (unpaired) electrons. The lowest BCUT2D eigenvalue weighted by Gasteiger charge is -2.25. The number of benzene rings is 4. The van der Waals surface area contributed by atoms with Crippen molar-refractivity contribution in [2.24, 2.45) is 0 Å². The first kappa shape index (κ1) is 22.9. The maximum Gasteiger partial charge on any atom is 0.129 e. The molecule has 0 saturated heterocycles. The number of aromatic nitrogens is 1. The predicted molar refractivity (Wildman–Crippen MR) is 152 cm³/mol. The predicted octanol–water partition coefficient (Wildman–Crippen LogP) is 8.71. The van der Waals surface area contributed by atoms with Crippen molar-refractivity contribution in [1.82, 2.24) is 4.98 Å². The Kier molecular flexibility index (Phi) is 5.85. The molecular formula is C33H29N3O. The molecule has 1 aliphatic rings. The normalized spacial score (nSPS) is 12.5. The zero-order chi connectivity index (χ0) is 25.4. The minimum absolute atomic E-state index is 0.739. The lowest BCUT2D eigenvalue weighted by atomic mass is 10.0. The van der Waals surface area contributed by atoms with Gasteiger partial charge in [-0.3, -0.25) is 4.98 Å². The van der Waals surface area contributed by atoms with Gasteiger partial charge in [-0.1, -0.05) is 54.1 Å². The lowest BCUT2D eigenvalue weighted by molar-refractivity contribution is 0.483. The fourth-order valence-electron chi connectivity index (χ4n) is 5.33. The van der Waals surface area contributed by atoms with Crippen LogP contribution in [0, 0.1) is 20.8 Å². The second-order valence-corrected chi connectivity index (χ2v) is 9.58. The molecule has 0 spiro atoms. The summed E-state index contributed by atoms with van der Waals surface area (Å²) in [6, 6.07) is 35.5. The summed E-state index contributed by atoms with van der Waals surface area (Å²) in [6.07, 6.45) is 1.81. The van der Waals surface area contributed by atoms with Gasteiger partial charge < -0.3 is 14.5 Å². The van der Waals surface area contributed by atoms with Crippen molar-refractivity contribution >= 4 is 22.7 Å². The fraction of sp³-hybridized carbons (Fsp3) is 0.121. The molecule has 0 fully saturated rings. The van der Waals surface area contributed by atoms with Gasteiger partial charge in [-0.15, -0.1) is 0 Å². The Hall–Kier alpha value is -4.57. The average Bonchev–Trinajstić information content (AvgIpc) is 3.28. The Morgan fingerprint density at radius 2 is 1.32 bits per heavy atom. The molecule has 4 aromatic carbocycles. The monoisotopic (exact) mass is 483 g/mol. The van der Waals surface area contributed by atoms with Gasteiger partial charge in [-0.05, 0) is 80.4 Å². The number of para-hydroxylation sites is 2. The van der Waals surface area contributed by atoms with Gasteiger partial charge in [-0.25, -0.2) is 0 Å². The number of hydrogen-bond acceptors (Lipinski definition) is 4. The third kappa shape index (κ3) is 4.43. The fourth-order valence-corrected chi connectivity index (χ4v) is 5.33. The van der Waals surface area contributed by atoms with E-state index in [1.807, 2.05) is 48.7 Å². The minimum Gasteiger partial charge on any atom is -0.457 e. The first-order valence-electron chi connectivity index (χ1n) is 12.6. The van der Waals surface area contributed by atoms with Crippen molar-refractivity contribution in [2.75, 3.05) is 16.5 Å². The van der Waals surface area contributed by atoms with Crippen LogP contribution in [0.25, 0.3) is 11.3 Å². The molecule has 0 aliphatic carbocycles. The largest absolute Gasteiger partial charge is 0.457 e. The second-order valence-electron chi connectivity index (χ2n) is 9.58. The van der Waals surface area contributed by atoms with Gasteiger partial charge >= 0.3 is 0 Å². The first-order chi connectivity index (χ1) is 18.1. The van der Waals surface area contributed by atoms with E-state index in [1.54, 1.807) is 0 Å². The van der Waals surface area contributed by atoms with Gasteiger partial charge in [0.05, 0.1) is 17.1 Å². The van der Waals surface area contributed by atoms with E-state index in [0.29, 0.717) is 0 Å². The van der Waals surface area contributed by atoms with Crippen LogP contribution in [0.4, 0.5) is 22.7 Å². The summed E-state index contributed by atoms with van der Waals surface area (Å²) in [5, 5.41) is 0. The van der Waals surface area contributed by atoms with Crippen LogP contribution in [0.1, 0.15) is 16.7 Å². The summed E-state index contributed by atoms with van der Waals surface area (Å²) in [6.45, 7) is 7.30. The molecule has 1 aliphatic heterocycles. The van der Waals surface area contributed by atoms with Crippen molar-refractivity contribution in [3.05, 3.63) is 126 Å². The Bertz CT molecular complexity index is 1560. The molecule has 0 bridgehead atoms. The highest BCUT2D eigenvalue weighted by Gasteiger charge is 2.29. The van der Waals surface area contributed by atoms with Gasteiger partial charge in [0.15, 0.2) is 0 Å². The van der Waals surface area contributed by atoms with Gasteiger partial charge in [0, 0.05) is 29.2 Å². The molecule has 0 N–H and O–H groups in total. The third-order valence-corrected chi connectivity index (χ3v) is 6.81. The highest BCUT2D eigenvalue weighted by molar-refractivity contribution is 5.88. The molecule has 4 nitrogen and oxygen atoms in total. The van der Waals surface area contributed by atoms with Gasteiger partial charge in [0.1, 0.15) is 18.2 Å². The van der Waals surface area contributed by atoms with Crippen LogP contribution in [-0.2, 0) is 0 Å². The van der Waals surface area contributed by atoms with Gasteiger partial charge in [0.2, 0.25) is 0 Å². The van der Waals surface area contributed by atoms with E-state index in [2.05, 4.69) is 96.2 Å². The summed E-state index contributed by atoms with van der Waals surface area (Å²) in [5.74, 6) is 1.59. The highest BCUT2D eigenvalue weighted by atomic mass is 16.5. The Morgan fingerprint density at radius 1 is 0.649 bits per heavy atom. The summed E-state index contributed by atoms with van der Waals surface area (Å²) in [5.41, 5.74) is 10.6. The average molecular weight is 484 g/mol. The summed E-state index contributed by atoms with van der Waals surface area (Å²) in [7, 11) is 0. The smallest absolute Gasteiger partial charge is 0.129 e. The molecule has 0 unspecified atom stereocenters. The van der Waals surface area contributed by atoms with Crippen LogP contribution in [-0.4, -0.2) is 11.7 Å². The molecule has 5 aromatic rings. The standard InChI is InChI=1S/C33H29N3O/c1-23-18-24(2)33(25(3)19-23)36-22-35(31-15-4-5-16-32(31)36)27-11-9-13-29(21-27)37-28-12-8-10-26(20-28)30-14-6-7-17-34-30/h4-21H,22H2,1-3H3. The van der Waals surface area contributed by atoms with Crippen LogP contribution in [0.5, 0.6) is 11.5 Å². The van der Waals surface area contributed by atoms with Crippen molar-refractivity contribution < 1.29 is 4.74 Å². The van der Waals surface area contributed by atoms with E-state index in [4.69, 9.17) is 4.74 Å². The third-order valence-electron chi connectivity index (χ3n) is 6.81. The van der Waals surface area contributed by atoms with Gasteiger partial charge in [-0.2, -0.15) is 0 Å². The molecule has 37 heavy (non-hydrogen) atoms. The molecule has 1 aromatic heterocycles. The molecule has 0 amide bonds. The van der Waals surface area contributed by atoms with Crippen molar-refractivity contribution in [3.63, 3.8) is 0 Å². The van der Waals surface area contributed by atoms with Crippen LogP contribution in [0.3, 0.4) is 0 Å². The van der Waals surface area contributed by atoms with E-state index >= 15 is 0 Å². The SMILES string of the molecule is Cc1cc(C)c(N2CN(c3cccc(Oc4cccc(-c5ccccn5)c4)c3)c3ccccc32)c(C)c1. The zero-order valence-electron chi connectivity index (χ0n) is 21.3. The van der Waals surface area contributed by atoms with Gasteiger partial charge in [0.25, 0.3) is 0 Å². The quantitative estimate of drug-likeness (QED) is 0.250. The molecule has 0 saturated carbocycles. The van der Waals surface area contributed by atoms with Crippen molar-refractivity contribution in [2.45, 2.75) is 20.8 Å². The molecule has 4 heteroatoms. The number of rotatable bonds is 5. The number of fused-ring (bicyclic) bond motifs is 1. The van der Waals surface area contributed by atoms with E-state index in [0.717, 1.165) is 35.1 Å². The summed E-state index contributed by atoms with van der Waals surface area (Å²) < 4.78 is 6.32. The minimum atomic E-state index is 0.739. The second kappa shape index (κ2) is 9.47. The molecule has 182 valence electrons. The number of hydrogen-bond donors (Lipinski definition) is 0. The number of nitrogens with zero attached hydrogens (tertiary/aromatic N) is 3. The lowest BCUT2D eigenvalue weighted by Crippen LogP contribution is -2.25. The summed E-state index contributed by atoms with van der Waals surface area (Å²) >= 11 is 0. The van der Waals surface area contributed by atoms with E-state index < -0.39 is 0 Å². The summed E-state index contributed by atoms with van der Waals surface area (Å²) in [4.78, 5) is 9.24. The van der Waals surface area contributed by atoms with Crippen LogP contribution >= 0.6 is 0 Å². The first-order valence-corrected chi connectivity index (χ1v) is 12.6. The zero-order valence-corrected chi connectivity index (χ0v) is 21.3. The van der Waals surface area contributed by atoms with Crippen molar-refractivity contribution in [1.29, 1.82) is 0 Å².